The van der Waals surface area contributed by atoms with Crippen molar-refractivity contribution in [1.29, 1.82) is 0 Å². The molecule has 2 amide bonds. The fourth-order valence-corrected chi connectivity index (χ4v) is 3.43. The summed E-state index contributed by atoms with van der Waals surface area (Å²) in [6, 6.07) is 3.22. The van der Waals surface area contributed by atoms with Gasteiger partial charge in [-0.1, -0.05) is 11.6 Å². The average molecular weight is 367 g/mol. The van der Waals surface area contributed by atoms with Crippen molar-refractivity contribution in [2.75, 3.05) is 18.4 Å². The van der Waals surface area contributed by atoms with E-state index in [0.717, 1.165) is 19.3 Å². The summed E-state index contributed by atoms with van der Waals surface area (Å²) < 4.78 is 5.41. The zero-order chi connectivity index (χ0) is 18.2. The SMILES string of the molecule is CC(C)(C)OC(=O)N1CCC2(CC1)CC2C(=O)Nc1ccc(Cl)nn1. The van der Waals surface area contributed by atoms with E-state index in [2.05, 4.69) is 15.5 Å². The van der Waals surface area contributed by atoms with Gasteiger partial charge < -0.3 is 15.0 Å². The third-order valence-electron chi connectivity index (χ3n) is 4.80. The van der Waals surface area contributed by atoms with Gasteiger partial charge in [0.05, 0.1) is 0 Å². The van der Waals surface area contributed by atoms with Gasteiger partial charge in [0.1, 0.15) is 5.60 Å². The largest absolute Gasteiger partial charge is 0.444 e. The van der Waals surface area contributed by atoms with E-state index in [4.69, 9.17) is 16.3 Å². The summed E-state index contributed by atoms with van der Waals surface area (Å²) >= 11 is 5.69. The van der Waals surface area contributed by atoms with Gasteiger partial charge in [0, 0.05) is 19.0 Å². The Bertz CT molecular complexity index is 663. The van der Waals surface area contributed by atoms with E-state index in [1.807, 2.05) is 20.8 Å². The predicted octanol–water partition coefficient (Wildman–Crippen LogP) is 3.11. The van der Waals surface area contributed by atoms with Crippen molar-refractivity contribution in [3.05, 3.63) is 17.3 Å². The number of carbonyl (C=O) groups excluding carboxylic acids is 2. The van der Waals surface area contributed by atoms with Crippen LogP contribution in [-0.2, 0) is 9.53 Å². The Kier molecular flexibility index (Phi) is 4.62. The van der Waals surface area contributed by atoms with Crippen LogP contribution in [0.1, 0.15) is 40.0 Å². The Morgan fingerprint density at radius 1 is 1.28 bits per heavy atom. The summed E-state index contributed by atoms with van der Waals surface area (Å²) in [4.78, 5) is 26.3. The molecule has 1 aromatic rings. The third kappa shape index (κ3) is 4.21. The van der Waals surface area contributed by atoms with E-state index in [1.54, 1.807) is 17.0 Å². The summed E-state index contributed by atoms with van der Waals surface area (Å²) in [7, 11) is 0. The van der Waals surface area contributed by atoms with Crippen molar-refractivity contribution in [2.45, 2.75) is 45.6 Å². The number of halogens is 1. The number of ether oxygens (including phenoxy) is 1. The molecular weight excluding hydrogens is 344 g/mol. The highest BCUT2D eigenvalue weighted by molar-refractivity contribution is 6.29. The fourth-order valence-electron chi connectivity index (χ4n) is 3.33. The lowest BCUT2D eigenvalue weighted by atomic mass is 9.91. The molecule has 1 unspecified atom stereocenters. The summed E-state index contributed by atoms with van der Waals surface area (Å²) in [5.74, 6) is 0.329. The molecule has 1 N–H and O–H groups in total. The molecule has 1 aromatic heterocycles. The van der Waals surface area contributed by atoms with Crippen LogP contribution < -0.4 is 5.32 Å². The van der Waals surface area contributed by atoms with Crippen molar-refractivity contribution >= 4 is 29.4 Å². The quantitative estimate of drug-likeness (QED) is 0.869. The van der Waals surface area contributed by atoms with Crippen LogP contribution in [-0.4, -0.2) is 45.8 Å². The molecule has 1 aliphatic carbocycles. The molecule has 2 aliphatic rings. The Balaban J connectivity index is 1.51. The molecule has 1 saturated heterocycles. The van der Waals surface area contributed by atoms with Gasteiger partial charge in [0.2, 0.25) is 5.91 Å². The highest BCUT2D eigenvalue weighted by atomic mass is 35.5. The summed E-state index contributed by atoms with van der Waals surface area (Å²) in [6.45, 7) is 6.82. The number of carbonyl (C=O) groups is 2. The van der Waals surface area contributed by atoms with Gasteiger partial charge in [-0.25, -0.2) is 4.79 Å². The predicted molar refractivity (Wildman–Crippen MR) is 93.3 cm³/mol. The van der Waals surface area contributed by atoms with Gasteiger partial charge in [-0.15, -0.1) is 10.2 Å². The summed E-state index contributed by atoms with van der Waals surface area (Å²) in [5, 5.41) is 10.6. The van der Waals surface area contributed by atoms with Crippen molar-refractivity contribution in [3.63, 3.8) is 0 Å². The molecule has 7 nitrogen and oxygen atoms in total. The van der Waals surface area contributed by atoms with Crippen LogP contribution in [0, 0.1) is 11.3 Å². The second-order valence-corrected chi connectivity index (χ2v) is 8.20. The Morgan fingerprint density at radius 2 is 1.96 bits per heavy atom. The first-order valence-corrected chi connectivity index (χ1v) is 8.84. The van der Waals surface area contributed by atoms with Gasteiger partial charge in [-0.2, -0.15) is 0 Å². The number of piperidine rings is 1. The van der Waals surface area contributed by atoms with Gasteiger partial charge in [0.15, 0.2) is 11.0 Å². The van der Waals surface area contributed by atoms with E-state index in [1.165, 1.54) is 0 Å². The maximum atomic E-state index is 12.4. The molecular formula is C17H23ClN4O3. The minimum atomic E-state index is -0.492. The van der Waals surface area contributed by atoms with Crippen LogP contribution in [0.4, 0.5) is 10.6 Å². The van der Waals surface area contributed by atoms with Crippen molar-refractivity contribution in [1.82, 2.24) is 15.1 Å². The number of aromatic nitrogens is 2. The molecule has 0 aromatic carbocycles. The highest BCUT2D eigenvalue weighted by Gasteiger charge is 2.59. The monoisotopic (exact) mass is 366 g/mol. The molecule has 136 valence electrons. The molecule has 0 radical (unpaired) electrons. The van der Waals surface area contributed by atoms with Crippen LogP contribution in [0.3, 0.4) is 0 Å². The van der Waals surface area contributed by atoms with Gasteiger partial charge in [0.25, 0.3) is 0 Å². The van der Waals surface area contributed by atoms with E-state index in [9.17, 15) is 9.59 Å². The number of likely N-dealkylation sites (tertiary alicyclic amines) is 1. The Labute approximate surface area is 152 Å². The van der Waals surface area contributed by atoms with Crippen LogP contribution in [0.2, 0.25) is 5.15 Å². The number of hydrogen-bond acceptors (Lipinski definition) is 5. The second-order valence-electron chi connectivity index (χ2n) is 7.82. The number of nitrogens with zero attached hydrogens (tertiary/aromatic N) is 3. The smallest absolute Gasteiger partial charge is 0.410 e. The van der Waals surface area contributed by atoms with Crippen LogP contribution >= 0.6 is 11.6 Å². The van der Waals surface area contributed by atoms with Gasteiger partial charge in [-0.3, -0.25) is 4.79 Å². The molecule has 3 rings (SSSR count). The molecule has 1 atom stereocenters. The molecule has 2 heterocycles. The third-order valence-corrected chi connectivity index (χ3v) is 5.00. The van der Waals surface area contributed by atoms with Crippen LogP contribution in [0.5, 0.6) is 0 Å². The normalized spacial score (nSPS) is 21.8. The van der Waals surface area contributed by atoms with E-state index in [-0.39, 0.29) is 28.5 Å². The highest BCUT2D eigenvalue weighted by Crippen LogP contribution is 2.59. The molecule has 0 bridgehead atoms. The van der Waals surface area contributed by atoms with Crippen molar-refractivity contribution in [2.24, 2.45) is 11.3 Å². The standard InChI is InChI=1S/C17H23ClN4O3/c1-16(2,3)25-15(24)22-8-6-17(7-9-22)10-11(17)14(23)19-13-5-4-12(18)20-21-13/h4-5,11H,6-10H2,1-3H3,(H,19,21,23). The minimum Gasteiger partial charge on any atom is -0.444 e. The number of nitrogens with one attached hydrogen (secondary N) is 1. The number of anilines is 1. The lowest BCUT2D eigenvalue weighted by Gasteiger charge is -2.34. The first-order chi connectivity index (χ1) is 11.7. The number of amides is 2. The van der Waals surface area contributed by atoms with E-state index < -0.39 is 5.60 Å². The summed E-state index contributed by atoms with van der Waals surface area (Å²) in [5.41, 5.74) is -0.490. The Morgan fingerprint density at radius 3 is 2.52 bits per heavy atom. The molecule has 1 saturated carbocycles. The zero-order valence-electron chi connectivity index (χ0n) is 14.7. The van der Waals surface area contributed by atoms with Gasteiger partial charge in [-0.05, 0) is 57.6 Å². The minimum absolute atomic E-state index is 0.00243. The molecule has 8 heteroatoms. The molecule has 2 fully saturated rings. The zero-order valence-corrected chi connectivity index (χ0v) is 15.5. The van der Waals surface area contributed by atoms with Crippen molar-refractivity contribution < 1.29 is 14.3 Å². The van der Waals surface area contributed by atoms with Gasteiger partial charge >= 0.3 is 6.09 Å². The van der Waals surface area contributed by atoms with Crippen molar-refractivity contribution in [3.8, 4) is 0 Å². The molecule has 1 aliphatic heterocycles. The van der Waals surface area contributed by atoms with E-state index >= 15 is 0 Å². The maximum Gasteiger partial charge on any atom is 0.410 e. The van der Waals surface area contributed by atoms with Crippen LogP contribution in [0.25, 0.3) is 0 Å². The second kappa shape index (κ2) is 6.44. The van der Waals surface area contributed by atoms with E-state index in [0.29, 0.717) is 18.9 Å². The summed E-state index contributed by atoms with van der Waals surface area (Å²) in [6.07, 6.45) is 2.20. The first-order valence-electron chi connectivity index (χ1n) is 8.47. The lowest BCUT2D eigenvalue weighted by Crippen LogP contribution is -2.43. The number of rotatable bonds is 2. The van der Waals surface area contributed by atoms with Crippen LogP contribution in [0.15, 0.2) is 12.1 Å². The molecule has 1 spiro atoms. The topological polar surface area (TPSA) is 84.4 Å². The molecule has 25 heavy (non-hydrogen) atoms. The maximum absolute atomic E-state index is 12.4. The lowest BCUT2D eigenvalue weighted by molar-refractivity contribution is -0.118. The number of hydrogen-bond donors (Lipinski definition) is 1. The Hall–Kier alpha value is -1.89. The average Bonchev–Trinajstić information content (AvgIpc) is 3.22. The first kappa shape index (κ1) is 17.9. The fraction of sp³-hybridized carbons (Fsp3) is 0.647.